The largest absolute Gasteiger partial charge is 0.480 e. The van der Waals surface area contributed by atoms with Gasteiger partial charge in [0, 0.05) is 0 Å². The third-order valence-electron chi connectivity index (χ3n) is 2.15. The van der Waals surface area contributed by atoms with Crippen LogP contribution in [0.1, 0.15) is 22.7 Å². The van der Waals surface area contributed by atoms with E-state index in [4.69, 9.17) is 10.8 Å². The number of benzene rings is 1. The summed E-state index contributed by atoms with van der Waals surface area (Å²) in [5.41, 5.74) is 6.89. The highest BCUT2D eigenvalue weighted by Crippen LogP contribution is 2.19. The van der Waals surface area contributed by atoms with Crippen molar-refractivity contribution in [1.29, 1.82) is 0 Å². The molecule has 1 unspecified atom stereocenters. The number of hydrogen-bond donors (Lipinski definition) is 2. The summed E-state index contributed by atoms with van der Waals surface area (Å²) in [4.78, 5) is 10.6. The first kappa shape index (κ1) is 10.7. The highest BCUT2D eigenvalue weighted by molar-refractivity contribution is 5.75. The molecule has 3 N–H and O–H groups in total. The van der Waals surface area contributed by atoms with Crippen molar-refractivity contribution in [3.8, 4) is 0 Å². The Morgan fingerprint density at radius 2 is 2.00 bits per heavy atom. The van der Waals surface area contributed by atoms with E-state index in [0.717, 1.165) is 0 Å². The zero-order valence-corrected chi connectivity index (χ0v) is 8.04. The number of hydrogen-bond acceptors (Lipinski definition) is 2. The Hall–Kier alpha value is -1.42. The van der Waals surface area contributed by atoms with Gasteiger partial charge < -0.3 is 10.8 Å². The minimum atomic E-state index is -1.16. The molecule has 4 heteroatoms. The van der Waals surface area contributed by atoms with Crippen molar-refractivity contribution in [2.45, 2.75) is 19.9 Å². The van der Waals surface area contributed by atoms with Gasteiger partial charge in [0.25, 0.3) is 0 Å². The first-order valence-electron chi connectivity index (χ1n) is 4.18. The van der Waals surface area contributed by atoms with Crippen LogP contribution in [0.4, 0.5) is 4.39 Å². The number of nitrogens with two attached hydrogens (primary N) is 1. The van der Waals surface area contributed by atoms with Gasteiger partial charge >= 0.3 is 5.97 Å². The van der Waals surface area contributed by atoms with Crippen LogP contribution in [0, 0.1) is 19.7 Å². The summed E-state index contributed by atoms with van der Waals surface area (Å²) in [5.74, 6) is -1.58. The maximum Gasteiger partial charge on any atom is 0.325 e. The molecule has 0 saturated carbocycles. The monoisotopic (exact) mass is 197 g/mol. The predicted molar refractivity (Wildman–Crippen MR) is 50.4 cm³/mol. The summed E-state index contributed by atoms with van der Waals surface area (Å²) in [6.45, 7) is 3.34. The molecular weight excluding hydrogens is 185 g/mol. The van der Waals surface area contributed by atoms with E-state index in [1.54, 1.807) is 19.9 Å². The predicted octanol–water partition coefficient (Wildman–Crippen LogP) is 1.53. The maximum atomic E-state index is 13.1. The molecular formula is C10H12FNO2. The second-order valence-electron chi connectivity index (χ2n) is 3.27. The molecule has 0 aliphatic rings. The summed E-state index contributed by atoms with van der Waals surface area (Å²) < 4.78 is 13.1. The van der Waals surface area contributed by atoms with Crippen LogP contribution >= 0.6 is 0 Å². The Bertz CT molecular complexity index is 377. The Labute approximate surface area is 81.4 Å². The maximum absolute atomic E-state index is 13.1. The van der Waals surface area contributed by atoms with E-state index in [1.165, 1.54) is 6.07 Å². The van der Waals surface area contributed by atoms with Crippen molar-refractivity contribution in [1.82, 2.24) is 0 Å². The Morgan fingerprint density at radius 1 is 1.43 bits per heavy atom. The molecule has 0 amide bonds. The van der Waals surface area contributed by atoms with Gasteiger partial charge in [-0.05, 0) is 36.6 Å². The third-order valence-corrected chi connectivity index (χ3v) is 2.15. The van der Waals surface area contributed by atoms with Crippen molar-refractivity contribution in [3.05, 3.63) is 34.6 Å². The molecule has 0 radical (unpaired) electrons. The Kier molecular flexibility index (Phi) is 2.86. The summed E-state index contributed by atoms with van der Waals surface area (Å²) in [5, 5.41) is 8.67. The molecule has 1 rings (SSSR count). The van der Waals surface area contributed by atoms with Gasteiger partial charge in [0.2, 0.25) is 0 Å². The van der Waals surface area contributed by atoms with Crippen molar-refractivity contribution in [2.75, 3.05) is 0 Å². The average molecular weight is 197 g/mol. The second-order valence-corrected chi connectivity index (χ2v) is 3.27. The van der Waals surface area contributed by atoms with Crippen LogP contribution in [-0.4, -0.2) is 11.1 Å². The van der Waals surface area contributed by atoms with E-state index in [1.807, 2.05) is 0 Å². The van der Waals surface area contributed by atoms with Gasteiger partial charge in [0.15, 0.2) is 0 Å². The van der Waals surface area contributed by atoms with Crippen LogP contribution in [0.25, 0.3) is 0 Å². The molecule has 76 valence electrons. The molecule has 1 atom stereocenters. The molecule has 3 nitrogen and oxygen atoms in total. The molecule has 0 saturated heterocycles. The van der Waals surface area contributed by atoms with Gasteiger partial charge in [-0.15, -0.1) is 0 Å². The topological polar surface area (TPSA) is 63.3 Å². The number of carboxylic acids is 1. The second kappa shape index (κ2) is 3.75. The number of halogens is 1. The van der Waals surface area contributed by atoms with E-state index in [2.05, 4.69) is 0 Å². The van der Waals surface area contributed by atoms with Gasteiger partial charge in [-0.1, -0.05) is 6.07 Å². The number of rotatable bonds is 2. The molecule has 1 aromatic carbocycles. The molecule has 0 bridgehead atoms. The minimum absolute atomic E-state index is 0.320. The van der Waals surface area contributed by atoms with E-state index in [0.29, 0.717) is 16.7 Å². The van der Waals surface area contributed by atoms with Gasteiger partial charge in [-0.25, -0.2) is 4.39 Å². The lowest BCUT2D eigenvalue weighted by Gasteiger charge is -2.11. The molecule has 14 heavy (non-hydrogen) atoms. The Balaban J connectivity index is 3.22. The molecule has 0 aromatic heterocycles. The summed E-state index contributed by atoms with van der Waals surface area (Å²) in [6, 6.07) is 1.61. The normalized spacial score (nSPS) is 12.6. The zero-order valence-electron chi connectivity index (χ0n) is 8.04. The van der Waals surface area contributed by atoms with Gasteiger partial charge in [0.1, 0.15) is 11.9 Å². The number of carbonyl (C=O) groups is 1. The smallest absolute Gasteiger partial charge is 0.325 e. The van der Waals surface area contributed by atoms with Gasteiger partial charge in [-0.2, -0.15) is 0 Å². The lowest BCUT2D eigenvalue weighted by Crippen LogP contribution is -2.21. The fraction of sp³-hybridized carbons (Fsp3) is 0.300. The van der Waals surface area contributed by atoms with Gasteiger partial charge in [-0.3, -0.25) is 4.79 Å². The van der Waals surface area contributed by atoms with Crippen LogP contribution in [0.5, 0.6) is 0 Å². The lowest BCUT2D eigenvalue weighted by atomic mass is 9.99. The summed E-state index contributed by atoms with van der Waals surface area (Å²) >= 11 is 0. The van der Waals surface area contributed by atoms with Crippen LogP contribution in [0.15, 0.2) is 12.1 Å². The molecule has 0 heterocycles. The molecule has 0 spiro atoms. The molecule has 1 aromatic rings. The van der Waals surface area contributed by atoms with Crippen molar-refractivity contribution in [2.24, 2.45) is 5.73 Å². The third kappa shape index (κ3) is 1.90. The first-order valence-corrected chi connectivity index (χ1v) is 4.18. The number of aryl methyl sites for hydroxylation is 2. The van der Waals surface area contributed by atoms with E-state index >= 15 is 0 Å². The van der Waals surface area contributed by atoms with Crippen molar-refractivity contribution < 1.29 is 14.3 Å². The van der Waals surface area contributed by atoms with E-state index in [-0.39, 0.29) is 0 Å². The van der Waals surface area contributed by atoms with Crippen LogP contribution in [0.2, 0.25) is 0 Å². The SMILES string of the molecule is Cc1cc(C)c(C(N)C(=O)O)cc1F. The lowest BCUT2D eigenvalue weighted by molar-refractivity contribution is -0.138. The van der Waals surface area contributed by atoms with E-state index < -0.39 is 17.8 Å². The molecule has 0 fully saturated rings. The fourth-order valence-corrected chi connectivity index (χ4v) is 1.31. The number of aliphatic carboxylic acids is 1. The standard InChI is InChI=1S/C10H12FNO2/c1-5-3-6(2)8(11)4-7(5)9(12)10(13)14/h3-4,9H,12H2,1-2H3,(H,13,14). The fourth-order valence-electron chi connectivity index (χ4n) is 1.31. The highest BCUT2D eigenvalue weighted by atomic mass is 19.1. The van der Waals surface area contributed by atoms with Gasteiger partial charge in [0.05, 0.1) is 0 Å². The van der Waals surface area contributed by atoms with Crippen molar-refractivity contribution in [3.63, 3.8) is 0 Å². The average Bonchev–Trinajstić information content (AvgIpc) is 2.10. The van der Waals surface area contributed by atoms with Crippen molar-refractivity contribution >= 4 is 5.97 Å². The zero-order chi connectivity index (χ0) is 10.9. The van der Waals surface area contributed by atoms with E-state index in [9.17, 15) is 9.18 Å². The Morgan fingerprint density at radius 3 is 2.50 bits per heavy atom. The number of carboxylic acid groups (broad SMARTS) is 1. The first-order chi connectivity index (χ1) is 6.43. The quantitative estimate of drug-likeness (QED) is 0.755. The highest BCUT2D eigenvalue weighted by Gasteiger charge is 2.17. The summed E-state index contributed by atoms with van der Waals surface area (Å²) in [6.07, 6.45) is 0. The van der Waals surface area contributed by atoms with Crippen LogP contribution < -0.4 is 5.73 Å². The summed E-state index contributed by atoms with van der Waals surface area (Å²) in [7, 11) is 0. The van der Waals surface area contributed by atoms with Crippen LogP contribution in [-0.2, 0) is 4.79 Å². The minimum Gasteiger partial charge on any atom is -0.480 e. The molecule has 0 aliphatic heterocycles. The molecule has 0 aliphatic carbocycles. The van der Waals surface area contributed by atoms with Crippen LogP contribution in [0.3, 0.4) is 0 Å².